The van der Waals surface area contributed by atoms with Gasteiger partial charge in [-0.25, -0.2) is 4.68 Å². The minimum atomic E-state index is -1.09. The van der Waals surface area contributed by atoms with Crippen molar-refractivity contribution < 1.29 is 33.8 Å². The lowest BCUT2D eigenvalue weighted by atomic mass is 9.91. The predicted molar refractivity (Wildman–Crippen MR) is 160 cm³/mol. The normalized spacial score (nSPS) is 16.4. The van der Waals surface area contributed by atoms with Crippen molar-refractivity contribution in [2.24, 2.45) is 5.41 Å². The standard InChI is InChI=1S/C31H42N6O7/c1-31(2,3)25(38)21-44-27-19-24(33-37(27)22-9-5-4-6-10-22)29(42)32-23(11-12-28(40)41)30(43)36-17-15-34(16-18-36)20-26(39)35-13-7-8-14-35/h4-6,9-10,19,23H,7-8,11-18,20-21H2,1-3H3,(H,32,42)(H,40,41). The third-order valence-electron chi connectivity index (χ3n) is 7.85. The number of amides is 3. The highest BCUT2D eigenvalue weighted by molar-refractivity contribution is 5.96. The second-order valence-corrected chi connectivity index (χ2v) is 12.2. The lowest BCUT2D eigenvalue weighted by Gasteiger charge is -2.36. The summed E-state index contributed by atoms with van der Waals surface area (Å²) < 4.78 is 7.20. The average Bonchev–Trinajstić information content (AvgIpc) is 3.69. The van der Waals surface area contributed by atoms with Crippen LogP contribution in [0.1, 0.15) is 56.9 Å². The molecule has 3 amide bonds. The molecular formula is C31H42N6O7. The molecule has 13 heteroatoms. The van der Waals surface area contributed by atoms with Crippen LogP contribution in [0, 0.1) is 5.41 Å². The zero-order valence-corrected chi connectivity index (χ0v) is 25.7. The Kier molecular flexibility index (Phi) is 10.7. The van der Waals surface area contributed by atoms with Gasteiger partial charge >= 0.3 is 5.97 Å². The maximum absolute atomic E-state index is 13.5. The number of ether oxygens (including phenoxy) is 1. The number of para-hydroxylation sites is 1. The fourth-order valence-electron chi connectivity index (χ4n) is 5.05. The van der Waals surface area contributed by atoms with Crippen LogP contribution in [0.15, 0.2) is 36.4 Å². The molecule has 44 heavy (non-hydrogen) atoms. The van der Waals surface area contributed by atoms with Crippen molar-refractivity contribution in [1.82, 2.24) is 29.8 Å². The number of nitrogens with one attached hydrogen (secondary N) is 1. The number of carboxylic acids is 1. The summed E-state index contributed by atoms with van der Waals surface area (Å²) in [6.07, 6.45) is 1.63. The van der Waals surface area contributed by atoms with Crippen molar-refractivity contribution in [1.29, 1.82) is 0 Å². The number of likely N-dealkylation sites (tertiary alicyclic amines) is 1. The van der Waals surface area contributed by atoms with Crippen LogP contribution in [0.4, 0.5) is 0 Å². The molecule has 1 unspecified atom stereocenters. The largest absolute Gasteiger partial charge is 0.481 e. The molecular weight excluding hydrogens is 568 g/mol. The predicted octanol–water partition coefficient (Wildman–Crippen LogP) is 1.60. The van der Waals surface area contributed by atoms with Crippen molar-refractivity contribution >= 4 is 29.5 Å². The molecule has 2 aliphatic heterocycles. The first-order valence-corrected chi connectivity index (χ1v) is 15.1. The quantitative estimate of drug-likeness (QED) is 0.365. The molecule has 238 valence electrons. The fourth-order valence-corrected chi connectivity index (χ4v) is 5.05. The van der Waals surface area contributed by atoms with E-state index in [0.29, 0.717) is 38.4 Å². The number of Topliss-reactive ketones (excluding diaryl/α,β-unsaturated/α-hetero) is 1. The third-order valence-corrected chi connectivity index (χ3v) is 7.85. The summed E-state index contributed by atoms with van der Waals surface area (Å²) in [6, 6.07) is 9.26. The number of aliphatic carboxylic acids is 1. The van der Waals surface area contributed by atoms with E-state index in [1.54, 1.807) is 49.9 Å². The maximum atomic E-state index is 13.5. The molecule has 3 heterocycles. The topological polar surface area (TPSA) is 154 Å². The number of piperazine rings is 1. The van der Waals surface area contributed by atoms with E-state index < -0.39 is 23.3 Å². The van der Waals surface area contributed by atoms with Gasteiger partial charge in [0.25, 0.3) is 5.91 Å². The Bertz CT molecular complexity index is 1340. The van der Waals surface area contributed by atoms with E-state index >= 15 is 0 Å². The summed E-state index contributed by atoms with van der Waals surface area (Å²) in [4.78, 5) is 68.8. The van der Waals surface area contributed by atoms with Gasteiger partial charge in [-0.15, -0.1) is 0 Å². The van der Waals surface area contributed by atoms with E-state index in [-0.39, 0.29) is 48.6 Å². The van der Waals surface area contributed by atoms with Gasteiger partial charge in [-0.1, -0.05) is 39.0 Å². The number of ketones is 1. The van der Waals surface area contributed by atoms with Crippen molar-refractivity contribution in [2.75, 3.05) is 52.4 Å². The first kappa shape index (κ1) is 32.6. The van der Waals surface area contributed by atoms with Gasteiger partial charge in [0.1, 0.15) is 12.6 Å². The number of rotatable bonds is 12. The summed E-state index contributed by atoms with van der Waals surface area (Å²) in [5.74, 6) is -2.02. The molecule has 1 atom stereocenters. The average molecular weight is 611 g/mol. The molecule has 13 nitrogen and oxygen atoms in total. The molecule has 0 radical (unpaired) electrons. The first-order chi connectivity index (χ1) is 20.9. The molecule has 0 saturated carbocycles. The number of aromatic nitrogens is 2. The van der Waals surface area contributed by atoms with Crippen molar-refractivity contribution in [3.05, 3.63) is 42.1 Å². The van der Waals surface area contributed by atoms with Gasteiger partial charge in [-0.05, 0) is 31.4 Å². The van der Waals surface area contributed by atoms with Gasteiger partial charge in [-0.2, -0.15) is 5.10 Å². The minimum absolute atomic E-state index is 0.0505. The highest BCUT2D eigenvalue weighted by Crippen LogP contribution is 2.22. The van der Waals surface area contributed by atoms with Crippen molar-refractivity contribution in [3.8, 4) is 11.6 Å². The Morgan fingerprint density at radius 2 is 1.61 bits per heavy atom. The number of benzene rings is 1. The number of carboxylic acid groups (broad SMARTS) is 1. The van der Waals surface area contributed by atoms with Gasteiger partial charge in [0.2, 0.25) is 17.7 Å². The first-order valence-electron chi connectivity index (χ1n) is 15.1. The molecule has 0 bridgehead atoms. The van der Waals surface area contributed by atoms with E-state index in [0.717, 1.165) is 25.9 Å². The van der Waals surface area contributed by atoms with Crippen LogP contribution < -0.4 is 10.1 Å². The highest BCUT2D eigenvalue weighted by Gasteiger charge is 2.32. The summed E-state index contributed by atoms with van der Waals surface area (Å²) in [5, 5.41) is 16.4. The van der Waals surface area contributed by atoms with E-state index in [4.69, 9.17) is 4.74 Å². The molecule has 2 fully saturated rings. The lowest BCUT2D eigenvalue weighted by molar-refractivity contribution is -0.138. The summed E-state index contributed by atoms with van der Waals surface area (Å²) in [5.41, 5.74) is -0.0699. The molecule has 1 aromatic heterocycles. The second-order valence-electron chi connectivity index (χ2n) is 12.2. The van der Waals surface area contributed by atoms with E-state index in [2.05, 4.69) is 10.4 Å². The smallest absolute Gasteiger partial charge is 0.303 e. The Labute approximate surface area is 257 Å². The molecule has 2 aliphatic rings. The number of carbonyl (C=O) groups is 5. The van der Waals surface area contributed by atoms with E-state index in [9.17, 15) is 29.1 Å². The second kappa shape index (κ2) is 14.5. The van der Waals surface area contributed by atoms with E-state index in [1.165, 1.54) is 10.7 Å². The molecule has 2 aromatic rings. The minimum Gasteiger partial charge on any atom is -0.481 e. The van der Waals surface area contributed by atoms with Crippen LogP contribution in [0.5, 0.6) is 5.88 Å². The molecule has 2 saturated heterocycles. The molecule has 0 spiro atoms. The number of carbonyl (C=O) groups excluding carboxylic acids is 4. The summed E-state index contributed by atoms with van der Waals surface area (Å²) in [6.45, 7) is 8.72. The zero-order valence-electron chi connectivity index (χ0n) is 25.7. The number of hydrogen-bond acceptors (Lipinski definition) is 8. The fraction of sp³-hybridized carbons (Fsp3) is 0.548. The van der Waals surface area contributed by atoms with Crippen LogP contribution in [-0.4, -0.2) is 118 Å². The highest BCUT2D eigenvalue weighted by atomic mass is 16.5. The van der Waals surface area contributed by atoms with Crippen LogP contribution in [0.25, 0.3) is 5.69 Å². The van der Waals surface area contributed by atoms with Gasteiger partial charge in [0.05, 0.1) is 12.2 Å². The number of nitrogens with zero attached hydrogens (tertiary/aromatic N) is 5. The molecule has 2 N–H and O–H groups in total. The lowest BCUT2D eigenvalue weighted by Crippen LogP contribution is -2.56. The third kappa shape index (κ3) is 8.65. The Morgan fingerprint density at radius 3 is 2.23 bits per heavy atom. The Balaban J connectivity index is 1.44. The Morgan fingerprint density at radius 1 is 0.955 bits per heavy atom. The van der Waals surface area contributed by atoms with Crippen LogP contribution in [0.2, 0.25) is 0 Å². The number of hydrogen-bond donors (Lipinski definition) is 2. The SMILES string of the molecule is CC(C)(C)C(=O)COc1cc(C(=O)NC(CCC(=O)O)C(=O)N2CCN(CC(=O)N3CCCC3)CC2)nn1-c1ccccc1. The van der Waals surface area contributed by atoms with Crippen LogP contribution in [-0.2, 0) is 19.2 Å². The van der Waals surface area contributed by atoms with Crippen LogP contribution in [0.3, 0.4) is 0 Å². The van der Waals surface area contributed by atoms with E-state index in [1.807, 2.05) is 15.9 Å². The maximum Gasteiger partial charge on any atom is 0.303 e. The summed E-state index contributed by atoms with van der Waals surface area (Å²) >= 11 is 0. The van der Waals surface area contributed by atoms with Gasteiger partial charge in [0, 0.05) is 57.2 Å². The molecule has 1 aromatic carbocycles. The van der Waals surface area contributed by atoms with Crippen LogP contribution >= 0.6 is 0 Å². The Hall–Kier alpha value is -4.26. The van der Waals surface area contributed by atoms with Crippen molar-refractivity contribution in [3.63, 3.8) is 0 Å². The molecule has 4 rings (SSSR count). The zero-order chi connectivity index (χ0) is 31.9. The summed E-state index contributed by atoms with van der Waals surface area (Å²) in [7, 11) is 0. The molecule has 0 aliphatic carbocycles. The van der Waals surface area contributed by atoms with Gasteiger partial charge in [-0.3, -0.25) is 28.9 Å². The van der Waals surface area contributed by atoms with Gasteiger partial charge in [0.15, 0.2) is 11.5 Å². The van der Waals surface area contributed by atoms with Crippen molar-refractivity contribution in [2.45, 2.75) is 52.5 Å². The van der Waals surface area contributed by atoms with Gasteiger partial charge < -0.3 is 25.0 Å². The monoisotopic (exact) mass is 610 g/mol.